The van der Waals surface area contributed by atoms with Crippen LogP contribution in [-0.4, -0.2) is 32.2 Å². The Labute approximate surface area is 137 Å². The molecule has 0 aliphatic rings. The van der Waals surface area contributed by atoms with Crippen LogP contribution in [0, 0.1) is 0 Å². The second kappa shape index (κ2) is 7.39. The number of carbonyl (C=O) groups is 1. The van der Waals surface area contributed by atoms with E-state index < -0.39 is 10.0 Å². The molecule has 1 atom stereocenters. The van der Waals surface area contributed by atoms with Crippen LogP contribution >= 0.6 is 0 Å². The van der Waals surface area contributed by atoms with Gasteiger partial charge in [0.2, 0.25) is 15.9 Å². The summed E-state index contributed by atoms with van der Waals surface area (Å²) in [5.74, 6) is -0.344. The minimum absolute atomic E-state index is 0.173. The first kappa shape index (κ1) is 17.2. The lowest BCUT2D eigenvalue weighted by Crippen LogP contribution is -2.39. The van der Waals surface area contributed by atoms with Crippen LogP contribution in [0.3, 0.4) is 0 Å². The highest BCUT2D eigenvalue weighted by Crippen LogP contribution is 2.14. The Kier molecular flexibility index (Phi) is 5.52. The third-order valence-electron chi connectivity index (χ3n) is 3.49. The summed E-state index contributed by atoms with van der Waals surface area (Å²) < 4.78 is 25.8. The topological polar surface area (TPSA) is 66.5 Å². The second-order valence-electron chi connectivity index (χ2n) is 5.27. The van der Waals surface area contributed by atoms with Crippen molar-refractivity contribution < 1.29 is 13.2 Å². The van der Waals surface area contributed by atoms with E-state index in [0.717, 1.165) is 9.87 Å². The van der Waals surface area contributed by atoms with Crippen molar-refractivity contribution in [3.05, 3.63) is 66.2 Å². The third kappa shape index (κ3) is 4.40. The minimum atomic E-state index is -3.66. The van der Waals surface area contributed by atoms with Crippen LogP contribution in [0.15, 0.2) is 65.6 Å². The Morgan fingerprint density at radius 1 is 1.04 bits per heavy atom. The van der Waals surface area contributed by atoms with Crippen LogP contribution in [0.1, 0.15) is 18.5 Å². The molecule has 1 N–H and O–H groups in total. The van der Waals surface area contributed by atoms with Gasteiger partial charge in [0, 0.05) is 7.05 Å². The molecule has 2 aromatic rings. The number of nitrogens with zero attached hydrogens (tertiary/aromatic N) is 1. The van der Waals surface area contributed by atoms with Crippen LogP contribution in [0.2, 0.25) is 0 Å². The van der Waals surface area contributed by atoms with Gasteiger partial charge >= 0.3 is 0 Å². The first-order valence-corrected chi connectivity index (χ1v) is 8.71. The van der Waals surface area contributed by atoms with Crippen molar-refractivity contribution in [2.45, 2.75) is 17.9 Å². The summed E-state index contributed by atoms with van der Waals surface area (Å²) in [6, 6.07) is 17.4. The van der Waals surface area contributed by atoms with E-state index in [-0.39, 0.29) is 23.4 Å². The predicted molar refractivity (Wildman–Crippen MR) is 89.3 cm³/mol. The first-order chi connectivity index (χ1) is 10.9. The SMILES string of the molecule is CC(NC(=O)CN(C)S(=O)(=O)c1ccccc1)c1ccccc1. The number of nitrogens with one attached hydrogen (secondary N) is 1. The monoisotopic (exact) mass is 332 g/mol. The summed E-state index contributed by atoms with van der Waals surface area (Å²) in [5.41, 5.74) is 0.967. The number of likely N-dealkylation sites (N-methyl/N-ethyl adjacent to an activating group) is 1. The Bertz CT molecular complexity index is 746. The van der Waals surface area contributed by atoms with Gasteiger partial charge in [-0.3, -0.25) is 4.79 Å². The highest BCUT2D eigenvalue weighted by atomic mass is 32.2. The number of amides is 1. The van der Waals surface area contributed by atoms with Gasteiger partial charge in [0.25, 0.3) is 0 Å². The molecule has 5 nitrogen and oxygen atoms in total. The van der Waals surface area contributed by atoms with Crippen LogP contribution < -0.4 is 5.32 Å². The van der Waals surface area contributed by atoms with Crippen LogP contribution in [0.5, 0.6) is 0 Å². The molecule has 2 rings (SSSR count). The molecule has 0 fully saturated rings. The summed E-state index contributed by atoms with van der Waals surface area (Å²) in [6.07, 6.45) is 0. The lowest BCUT2D eigenvalue weighted by atomic mass is 10.1. The van der Waals surface area contributed by atoms with Gasteiger partial charge in [-0.1, -0.05) is 48.5 Å². The van der Waals surface area contributed by atoms with E-state index in [1.165, 1.54) is 19.2 Å². The van der Waals surface area contributed by atoms with Crippen molar-refractivity contribution in [2.75, 3.05) is 13.6 Å². The van der Waals surface area contributed by atoms with Gasteiger partial charge < -0.3 is 5.32 Å². The minimum Gasteiger partial charge on any atom is -0.348 e. The molecule has 0 heterocycles. The summed E-state index contributed by atoms with van der Waals surface area (Å²) in [7, 11) is -2.26. The maximum atomic E-state index is 12.4. The number of sulfonamides is 1. The van der Waals surface area contributed by atoms with E-state index >= 15 is 0 Å². The maximum Gasteiger partial charge on any atom is 0.243 e. The van der Waals surface area contributed by atoms with Gasteiger partial charge in [-0.05, 0) is 24.6 Å². The smallest absolute Gasteiger partial charge is 0.243 e. The molecule has 6 heteroatoms. The molecule has 0 aliphatic heterocycles. The van der Waals surface area contributed by atoms with Crippen molar-refractivity contribution in [3.63, 3.8) is 0 Å². The number of hydrogen-bond donors (Lipinski definition) is 1. The van der Waals surface area contributed by atoms with Gasteiger partial charge in [0.15, 0.2) is 0 Å². The normalized spacial score (nSPS) is 12.8. The van der Waals surface area contributed by atoms with Crippen molar-refractivity contribution >= 4 is 15.9 Å². The number of rotatable bonds is 6. The third-order valence-corrected chi connectivity index (χ3v) is 5.31. The molecular weight excluding hydrogens is 312 g/mol. The molecule has 0 aromatic heterocycles. The molecule has 0 saturated carbocycles. The van der Waals surface area contributed by atoms with Gasteiger partial charge in [-0.15, -0.1) is 0 Å². The van der Waals surface area contributed by atoms with Crippen molar-refractivity contribution in [1.29, 1.82) is 0 Å². The fourth-order valence-corrected chi connectivity index (χ4v) is 3.32. The average Bonchev–Trinajstić information content (AvgIpc) is 2.56. The van der Waals surface area contributed by atoms with Gasteiger partial charge in [-0.2, -0.15) is 4.31 Å². The molecule has 0 radical (unpaired) electrons. The highest BCUT2D eigenvalue weighted by molar-refractivity contribution is 7.89. The highest BCUT2D eigenvalue weighted by Gasteiger charge is 2.23. The fraction of sp³-hybridized carbons (Fsp3) is 0.235. The van der Waals surface area contributed by atoms with E-state index in [9.17, 15) is 13.2 Å². The van der Waals surface area contributed by atoms with Gasteiger partial charge in [0.05, 0.1) is 17.5 Å². The molecule has 1 unspecified atom stereocenters. The molecule has 1 amide bonds. The van der Waals surface area contributed by atoms with E-state index in [1.807, 2.05) is 37.3 Å². The quantitative estimate of drug-likeness (QED) is 0.882. The lowest BCUT2D eigenvalue weighted by molar-refractivity contribution is -0.121. The number of benzene rings is 2. The van der Waals surface area contributed by atoms with Gasteiger partial charge in [0.1, 0.15) is 0 Å². The molecule has 0 bridgehead atoms. The van der Waals surface area contributed by atoms with Crippen molar-refractivity contribution in [1.82, 2.24) is 9.62 Å². The number of hydrogen-bond acceptors (Lipinski definition) is 3. The van der Waals surface area contributed by atoms with Gasteiger partial charge in [-0.25, -0.2) is 8.42 Å². The molecular formula is C17H20N2O3S. The summed E-state index contributed by atoms with van der Waals surface area (Å²) in [5, 5.41) is 2.81. The first-order valence-electron chi connectivity index (χ1n) is 7.27. The maximum absolute atomic E-state index is 12.4. The van der Waals surface area contributed by atoms with E-state index in [4.69, 9.17) is 0 Å². The van der Waals surface area contributed by atoms with E-state index in [2.05, 4.69) is 5.32 Å². The summed E-state index contributed by atoms with van der Waals surface area (Å²) in [6.45, 7) is 1.63. The number of carbonyl (C=O) groups excluding carboxylic acids is 1. The zero-order valence-electron chi connectivity index (χ0n) is 13.1. The molecule has 2 aromatic carbocycles. The Hall–Kier alpha value is -2.18. The zero-order chi connectivity index (χ0) is 16.9. The predicted octanol–water partition coefficient (Wildman–Crippen LogP) is 2.18. The van der Waals surface area contributed by atoms with E-state index in [1.54, 1.807) is 18.2 Å². The van der Waals surface area contributed by atoms with Crippen molar-refractivity contribution in [3.8, 4) is 0 Å². The van der Waals surface area contributed by atoms with Crippen LogP contribution in [-0.2, 0) is 14.8 Å². The van der Waals surface area contributed by atoms with Crippen molar-refractivity contribution in [2.24, 2.45) is 0 Å². The van der Waals surface area contributed by atoms with Crippen LogP contribution in [0.4, 0.5) is 0 Å². The lowest BCUT2D eigenvalue weighted by Gasteiger charge is -2.19. The molecule has 0 aliphatic carbocycles. The molecule has 23 heavy (non-hydrogen) atoms. The van der Waals surface area contributed by atoms with Crippen LogP contribution in [0.25, 0.3) is 0 Å². The second-order valence-corrected chi connectivity index (χ2v) is 7.32. The Morgan fingerprint density at radius 3 is 2.13 bits per heavy atom. The molecule has 0 spiro atoms. The zero-order valence-corrected chi connectivity index (χ0v) is 14.0. The fourth-order valence-electron chi connectivity index (χ4n) is 2.17. The Balaban J connectivity index is 2.00. The average molecular weight is 332 g/mol. The molecule has 122 valence electrons. The summed E-state index contributed by atoms with van der Waals surface area (Å²) >= 11 is 0. The largest absolute Gasteiger partial charge is 0.348 e. The standard InChI is InChI=1S/C17H20N2O3S/c1-14(15-9-5-3-6-10-15)18-17(20)13-19(2)23(21,22)16-11-7-4-8-12-16/h3-12,14H,13H2,1-2H3,(H,18,20). The van der Waals surface area contributed by atoms with E-state index in [0.29, 0.717) is 0 Å². The summed E-state index contributed by atoms with van der Waals surface area (Å²) in [4.78, 5) is 12.3. The Morgan fingerprint density at radius 2 is 1.57 bits per heavy atom. The molecule has 0 saturated heterocycles.